The van der Waals surface area contributed by atoms with E-state index in [0.29, 0.717) is 6.54 Å². The van der Waals surface area contributed by atoms with E-state index in [2.05, 4.69) is 15.5 Å². The van der Waals surface area contributed by atoms with E-state index in [-0.39, 0.29) is 12.0 Å². The molecule has 1 aromatic heterocycles. The fraction of sp³-hybridized carbons (Fsp3) is 0.389. The monoisotopic (exact) mass is 326 g/mol. The number of aliphatic hydroxyl groups excluding tert-OH is 1. The van der Waals surface area contributed by atoms with Crippen LogP contribution in [-0.4, -0.2) is 38.0 Å². The first-order valence-electron chi connectivity index (χ1n) is 8.00. The molecule has 0 saturated carbocycles. The minimum absolute atomic E-state index is 0.178. The number of fused-ring (bicyclic) bond motifs is 1. The zero-order valence-corrected chi connectivity index (χ0v) is 14.2. The largest absolute Gasteiger partial charge is 0.490 e. The Balaban J connectivity index is 1.68. The molecule has 0 saturated heterocycles. The summed E-state index contributed by atoms with van der Waals surface area (Å²) in [4.78, 5) is 0. The van der Waals surface area contributed by atoms with Crippen LogP contribution in [0, 0.1) is 0 Å². The van der Waals surface area contributed by atoms with Crippen molar-refractivity contribution in [2.75, 3.05) is 6.61 Å². The highest BCUT2D eigenvalue weighted by molar-refractivity contribution is 5.88. The summed E-state index contributed by atoms with van der Waals surface area (Å²) < 4.78 is 7.46. The minimum Gasteiger partial charge on any atom is -0.490 e. The van der Waals surface area contributed by atoms with Crippen LogP contribution >= 0.6 is 0 Å². The van der Waals surface area contributed by atoms with Gasteiger partial charge in [-0.1, -0.05) is 57.2 Å². The van der Waals surface area contributed by atoms with Crippen LogP contribution in [0.4, 0.5) is 0 Å². The van der Waals surface area contributed by atoms with Gasteiger partial charge in [-0.2, -0.15) is 0 Å². The molecule has 1 atom stereocenters. The first kappa shape index (κ1) is 16.4. The van der Waals surface area contributed by atoms with Crippen LogP contribution in [0.15, 0.2) is 42.5 Å². The molecular weight excluding hydrogens is 304 g/mol. The number of aliphatic hydroxyl groups is 1. The Kier molecular flexibility index (Phi) is 4.49. The van der Waals surface area contributed by atoms with E-state index < -0.39 is 6.10 Å². The van der Waals surface area contributed by atoms with Crippen LogP contribution in [0.25, 0.3) is 10.8 Å². The van der Waals surface area contributed by atoms with Crippen molar-refractivity contribution in [2.24, 2.45) is 0 Å². The maximum atomic E-state index is 10.3. The van der Waals surface area contributed by atoms with Gasteiger partial charge in [0.05, 0.1) is 6.54 Å². The first-order valence-corrected chi connectivity index (χ1v) is 8.00. The van der Waals surface area contributed by atoms with Gasteiger partial charge in [-0.3, -0.25) is 0 Å². The van der Waals surface area contributed by atoms with Gasteiger partial charge in [0.15, 0.2) is 5.82 Å². The van der Waals surface area contributed by atoms with E-state index in [0.717, 1.165) is 22.3 Å². The van der Waals surface area contributed by atoms with Gasteiger partial charge in [0.1, 0.15) is 18.5 Å². The minimum atomic E-state index is -0.700. The number of benzene rings is 2. The van der Waals surface area contributed by atoms with Gasteiger partial charge in [0.25, 0.3) is 0 Å². The average molecular weight is 326 g/mol. The van der Waals surface area contributed by atoms with Crippen LogP contribution in [0.1, 0.15) is 26.6 Å². The molecule has 0 spiro atoms. The highest BCUT2D eigenvalue weighted by Crippen LogP contribution is 2.25. The molecule has 0 radical (unpaired) electrons. The van der Waals surface area contributed by atoms with Crippen molar-refractivity contribution < 1.29 is 9.84 Å². The fourth-order valence-corrected chi connectivity index (χ4v) is 2.62. The van der Waals surface area contributed by atoms with Crippen LogP contribution in [-0.2, 0) is 12.0 Å². The second-order valence-electron chi connectivity index (χ2n) is 6.88. The summed E-state index contributed by atoms with van der Waals surface area (Å²) in [5, 5.41) is 24.2. The van der Waals surface area contributed by atoms with Crippen molar-refractivity contribution in [2.45, 2.75) is 38.8 Å². The zero-order chi connectivity index (χ0) is 17.2. The van der Waals surface area contributed by atoms with Crippen molar-refractivity contribution in [3.05, 3.63) is 48.3 Å². The molecule has 0 aliphatic carbocycles. The van der Waals surface area contributed by atoms with Crippen molar-refractivity contribution in [1.82, 2.24) is 20.2 Å². The van der Waals surface area contributed by atoms with Gasteiger partial charge in [0.2, 0.25) is 0 Å². The second-order valence-corrected chi connectivity index (χ2v) is 6.88. The highest BCUT2D eigenvalue weighted by atomic mass is 16.5. The third kappa shape index (κ3) is 3.54. The average Bonchev–Trinajstić information content (AvgIpc) is 3.01. The van der Waals surface area contributed by atoms with E-state index in [1.807, 2.05) is 63.2 Å². The molecule has 0 aliphatic rings. The number of hydrogen-bond acceptors (Lipinski definition) is 5. The third-order valence-corrected chi connectivity index (χ3v) is 3.77. The predicted octanol–water partition coefficient (Wildman–Crippen LogP) is 2.56. The molecule has 0 bridgehead atoms. The lowest BCUT2D eigenvalue weighted by atomic mass is 9.96. The smallest absolute Gasteiger partial charge is 0.156 e. The molecule has 6 nitrogen and oxygen atoms in total. The molecule has 1 N–H and O–H groups in total. The predicted molar refractivity (Wildman–Crippen MR) is 92.0 cm³/mol. The maximum Gasteiger partial charge on any atom is 0.156 e. The normalized spacial score (nSPS) is 13.2. The van der Waals surface area contributed by atoms with Crippen LogP contribution in [0.3, 0.4) is 0 Å². The molecule has 6 heteroatoms. The van der Waals surface area contributed by atoms with Gasteiger partial charge >= 0.3 is 0 Å². The number of nitrogens with zero attached hydrogens (tertiary/aromatic N) is 4. The molecular formula is C18H22N4O2. The summed E-state index contributed by atoms with van der Waals surface area (Å²) in [6.07, 6.45) is -0.700. The molecule has 0 fully saturated rings. The summed E-state index contributed by atoms with van der Waals surface area (Å²) >= 11 is 0. The summed E-state index contributed by atoms with van der Waals surface area (Å²) in [6, 6.07) is 13.9. The molecule has 0 aliphatic heterocycles. The Morgan fingerprint density at radius 1 is 1.12 bits per heavy atom. The van der Waals surface area contributed by atoms with E-state index in [1.54, 1.807) is 4.68 Å². The maximum absolute atomic E-state index is 10.3. The fourth-order valence-electron chi connectivity index (χ4n) is 2.62. The number of hydrogen-bond donors (Lipinski definition) is 1. The standard InChI is InChI=1S/C18H22N4O2/c1-18(2,3)17-19-20-21-22(17)11-14(23)12-24-16-10-6-8-13-7-4-5-9-15(13)16/h4-10,14,23H,11-12H2,1-3H3/t14-/m0/s1. The Morgan fingerprint density at radius 3 is 2.67 bits per heavy atom. The van der Waals surface area contributed by atoms with Gasteiger partial charge in [-0.15, -0.1) is 5.10 Å². The Morgan fingerprint density at radius 2 is 1.88 bits per heavy atom. The van der Waals surface area contributed by atoms with Crippen LogP contribution < -0.4 is 4.74 Å². The van der Waals surface area contributed by atoms with Gasteiger partial charge in [0, 0.05) is 10.8 Å². The number of ether oxygens (including phenoxy) is 1. The van der Waals surface area contributed by atoms with Crippen molar-refractivity contribution >= 4 is 10.8 Å². The lowest BCUT2D eigenvalue weighted by Crippen LogP contribution is -2.28. The summed E-state index contributed by atoms with van der Waals surface area (Å²) in [6.45, 7) is 6.58. The summed E-state index contributed by atoms with van der Waals surface area (Å²) in [7, 11) is 0. The first-order chi connectivity index (χ1) is 11.4. The van der Waals surface area contributed by atoms with Crippen LogP contribution in [0.2, 0.25) is 0 Å². The van der Waals surface area contributed by atoms with E-state index in [9.17, 15) is 5.11 Å². The molecule has 3 aromatic rings. The van der Waals surface area contributed by atoms with Gasteiger partial charge in [-0.25, -0.2) is 4.68 Å². The molecule has 0 amide bonds. The molecule has 2 aromatic carbocycles. The van der Waals surface area contributed by atoms with Crippen molar-refractivity contribution in [3.8, 4) is 5.75 Å². The molecule has 24 heavy (non-hydrogen) atoms. The number of tetrazole rings is 1. The summed E-state index contributed by atoms with van der Waals surface area (Å²) in [5.74, 6) is 1.51. The second kappa shape index (κ2) is 6.57. The number of aromatic nitrogens is 4. The number of rotatable bonds is 5. The Hall–Kier alpha value is -2.47. The summed E-state index contributed by atoms with van der Waals surface area (Å²) in [5.41, 5.74) is -0.181. The van der Waals surface area contributed by atoms with Crippen molar-refractivity contribution in [1.29, 1.82) is 0 Å². The lowest BCUT2D eigenvalue weighted by Gasteiger charge is -2.19. The van der Waals surface area contributed by atoms with E-state index >= 15 is 0 Å². The third-order valence-electron chi connectivity index (χ3n) is 3.77. The quantitative estimate of drug-likeness (QED) is 0.780. The molecule has 1 heterocycles. The highest BCUT2D eigenvalue weighted by Gasteiger charge is 2.23. The Bertz CT molecular complexity index is 818. The topological polar surface area (TPSA) is 73.1 Å². The molecule has 0 unspecified atom stereocenters. The van der Waals surface area contributed by atoms with Gasteiger partial charge < -0.3 is 9.84 Å². The van der Waals surface area contributed by atoms with Gasteiger partial charge in [-0.05, 0) is 21.9 Å². The van der Waals surface area contributed by atoms with Crippen LogP contribution in [0.5, 0.6) is 5.75 Å². The van der Waals surface area contributed by atoms with Crippen molar-refractivity contribution in [3.63, 3.8) is 0 Å². The lowest BCUT2D eigenvalue weighted by molar-refractivity contribution is 0.0878. The SMILES string of the molecule is CC(C)(C)c1nnnn1C[C@H](O)COc1cccc2ccccc12. The molecule has 126 valence electrons. The zero-order valence-electron chi connectivity index (χ0n) is 14.2. The van der Waals surface area contributed by atoms with E-state index in [4.69, 9.17) is 4.74 Å². The van der Waals surface area contributed by atoms with E-state index in [1.165, 1.54) is 0 Å². The Labute approximate surface area is 141 Å². The molecule has 3 rings (SSSR count).